The highest BCUT2D eigenvalue weighted by Crippen LogP contribution is 2.21. The van der Waals surface area contributed by atoms with E-state index in [0.717, 1.165) is 29.7 Å². The van der Waals surface area contributed by atoms with Crippen LogP contribution in [0.3, 0.4) is 0 Å². The number of hydrogen-bond acceptors (Lipinski definition) is 5. The molecule has 0 unspecified atom stereocenters. The molecule has 0 aliphatic heterocycles. The van der Waals surface area contributed by atoms with E-state index < -0.39 is 0 Å². The number of carbonyl (C=O) groups excluding carboxylic acids is 2. The van der Waals surface area contributed by atoms with Crippen LogP contribution >= 0.6 is 11.8 Å². The fraction of sp³-hybridized carbons (Fsp3) is 0.241. The van der Waals surface area contributed by atoms with Crippen LogP contribution in [0, 0.1) is 0 Å². The van der Waals surface area contributed by atoms with Gasteiger partial charge in [0.15, 0.2) is 5.16 Å². The van der Waals surface area contributed by atoms with E-state index in [2.05, 4.69) is 10.6 Å². The Bertz CT molecular complexity index is 1460. The first-order valence-corrected chi connectivity index (χ1v) is 13.4. The monoisotopic (exact) mass is 514 g/mol. The number of anilines is 1. The predicted molar refractivity (Wildman–Crippen MR) is 149 cm³/mol. The lowest BCUT2D eigenvalue weighted by Crippen LogP contribution is -2.25. The number of amides is 2. The van der Waals surface area contributed by atoms with Crippen molar-refractivity contribution in [1.29, 1.82) is 0 Å². The van der Waals surface area contributed by atoms with Gasteiger partial charge in [0.2, 0.25) is 5.91 Å². The molecule has 8 heteroatoms. The molecule has 3 aromatic carbocycles. The van der Waals surface area contributed by atoms with Crippen LogP contribution in [-0.4, -0.2) is 33.7 Å². The van der Waals surface area contributed by atoms with Gasteiger partial charge in [-0.1, -0.05) is 68.1 Å². The average molecular weight is 515 g/mol. The lowest BCUT2D eigenvalue weighted by Gasteiger charge is -2.14. The third kappa shape index (κ3) is 6.46. The Labute approximate surface area is 220 Å². The maximum absolute atomic E-state index is 13.4. The lowest BCUT2D eigenvalue weighted by molar-refractivity contribution is -0.113. The third-order valence-corrected chi connectivity index (χ3v) is 6.90. The van der Waals surface area contributed by atoms with Crippen molar-refractivity contribution in [3.63, 3.8) is 0 Å². The topological polar surface area (TPSA) is 93.1 Å². The van der Waals surface area contributed by atoms with Crippen molar-refractivity contribution in [2.45, 2.75) is 38.4 Å². The zero-order valence-electron chi connectivity index (χ0n) is 21.0. The molecule has 4 aromatic rings. The number of aryl methyl sites for hydroxylation is 1. The molecule has 2 N–H and O–H groups in total. The molecule has 4 rings (SSSR count). The van der Waals surface area contributed by atoms with Crippen molar-refractivity contribution >= 4 is 40.2 Å². The van der Waals surface area contributed by atoms with E-state index in [9.17, 15) is 14.4 Å². The lowest BCUT2D eigenvalue weighted by atomic mass is 10.1. The van der Waals surface area contributed by atoms with Gasteiger partial charge in [-0.25, -0.2) is 4.98 Å². The highest BCUT2D eigenvalue weighted by atomic mass is 32.2. The Morgan fingerprint density at radius 3 is 2.43 bits per heavy atom. The van der Waals surface area contributed by atoms with Crippen LogP contribution in [0.5, 0.6) is 0 Å². The van der Waals surface area contributed by atoms with Crippen LogP contribution in [0.15, 0.2) is 82.7 Å². The second-order valence-corrected chi connectivity index (χ2v) is 9.55. The van der Waals surface area contributed by atoms with Gasteiger partial charge in [-0.3, -0.25) is 19.0 Å². The van der Waals surface area contributed by atoms with Crippen molar-refractivity contribution in [3.8, 4) is 0 Å². The van der Waals surface area contributed by atoms with Gasteiger partial charge in [-0.05, 0) is 54.3 Å². The number of rotatable bonds is 10. The molecule has 0 bridgehead atoms. The number of nitrogens with one attached hydrogen (secondary N) is 2. The van der Waals surface area contributed by atoms with Crippen molar-refractivity contribution in [2.24, 2.45) is 0 Å². The Balaban J connectivity index is 1.57. The molecule has 1 heterocycles. The smallest absolute Gasteiger partial charge is 0.262 e. The quantitative estimate of drug-likeness (QED) is 0.232. The number of thioether (sulfide) groups is 1. The molecule has 0 spiro atoms. The van der Waals surface area contributed by atoms with E-state index in [4.69, 9.17) is 4.98 Å². The Morgan fingerprint density at radius 1 is 0.946 bits per heavy atom. The molecule has 0 atom stereocenters. The van der Waals surface area contributed by atoms with E-state index in [1.165, 1.54) is 11.8 Å². The van der Waals surface area contributed by atoms with Gasteiger partial charge in [-0.15, -0.1) is 0 Å². The minimum atomic E-state index is -0.172. The summed E-state index contributed by atoms with van der Waals surface area (Å²) in [6.07, 6.45) is 1.68. The summed E-state index contributed by atoms with van der Waals surface area (Å²) < 4.78 is 1.59. The summed E-state index contributed by atoms with van der Waals surface area (Å²) >= 11 is 1.23. The van der Waals surface area contributed by atoms with Gasteiger partial charge in [0, 0.05) is 17.8 Å². The second-order valence-electron chi connectivity index (χ2n) is 8.60. The number of nitrogens with zero attached hydrogens (tertiary/aromatic N) is 2. The van der Waals surface area contributed by atoms with Gasteiger partial charge < -0.3 is 10.6 Å². The van der Waals surface area contributed by atoms with Crippen LogP contribution in [0.2, 0.25) is 0 Å². The minimum Gasteiger partial charge on any atom is -0.352 e. The van der Waals surface area contributed by atoms with Gasteiger partial charge in [-0.2, -0.15) is 0 Å². The molecule has 0 aliphatic rings. The van der Waals surface area contributed by atoms with Gasteiger partial charge in [0.05, 0.1) is 23.2 Å². The van der Waals surface area contributed by atoms with E-state index >= 15 is 0 Å². The normalized spacial score (nSPS) is 10.9. The molecule has 0 fully saturated rings. The minimum absolute atomic E-state index is 0.110. The zero-order chi connectivity index (χ0) is 26.2. The third-order valence-electron chi connectivity index (χ3n) is 5.92. The molecule has 2 amide bonds. The molecule has 0 radical (unpaired) electrons. The summed E-state index contributed by atoms with van der Waals surface area (Å²) in [6.45, 7) is 4.94. The van der Waals surface area contributed by atoms with Gasteiger partial charge >= 0.3 is 0 Å². The molecule has 0 saturated carbocycles. The molecule has 7 nitrogen and oxygen atoms in total. The Morgan fingerprint density at radius 2 is 1.68 bits per heavy atom. The average Bonchev–Trinajstić information content (AvgIpc) is 2.93. The summed E-state index contributed by atoms with van der Waals surface area (Å²) in [5, 5.41) is 6.82. The summed E-state index contributed by atoms with van der Waals surface area (Å²) in [4.78, 5) is 43.1. The van der Waals surface area contributed by atoms with Crippen molar-refractivity contribution in [1.82, 2.24) is 14.9 Å². The summed E-state index contributed by atoms with van der Waals surface area (Å²) in [5.74, 6) is -0.175. The molecule has 1 aromatic heterocycles. The van der Waals surface area contributed by atoms with Gasteiger partial charge in [0.1, 0.15) is 0 Å². The van der Waals surface area contributed by atoms with Gasteiger partial charge in [0.25, 0.3) is 11.5 Å². The van der Waals surface area contributed by atoms with Crippen LogP contribution in [0.25, 0.3) is 10.9 Å². The number of benzene rings is 3. The summed E-state index contributed by atoms with van der Waals surface area (Å²) in [6, 6.07) is 22.1. The van der Waals surface area contributed by atoms with Crippen LogP contribution in [-0.2, 0) is 17.8 Å². The van der Waals surface area contributed by atoms with Crippen molar-refractivity contribution in [2.75, 3.05) is 17.6 Å². The van der Waals surface area contributed by atoms with E-state index in [-0.39, 0.29) is 29.7 Å². The zero-order valence-corrected chi connectivity index (χ0v) is 21.8. The molecular weight excluding hydrogens is 484 g/mol. The molecule has 190 valence electrons. The van der Waals surface area contributed by atoms with Crippen molar-refractivity contribution < 1.29 is 9.59 Å². The highest BCUT2D eigenvalue weighted by Gasteiger charge is 2.15. The van der Waals surface area contributed by atoms with E-state index in [0.29, 0.717) is 28.2 Å². The number of fused-ring (bicyclic) bond motifs is 1. The standard InChI is InChI=1S/C29H30N4O3S/c1-3-17-30-27(35)22-15-13-20(14-16-22)18-33-28(36)23-10-6-8-12-25(23)32-29(33)37-19-26(34)31-24-11-7-5-9-21(24)4-2/h5-16H,3-4,17-19H2,1-2H3,(H,30,35)(H,31,34). The molecular formula is C29H30N4O3S. The Hall–Kier alpha value is -3.91. The molecule has 0 saturated heterocycles. The summed E-state index contributed by atoms with van der Waals surface area (Å²) in [5.41, 5.74) is 3.70. The van der Waals surface area contributed by atoms with Crippen LogP contribution in [0.1, 0.15) is 41.8 Å². The number of aromatic nitrogens is 2. The predicted octanol–water partition coefficient (Wildman–Crippen LogP) is 4.88. The Kier molecular flexibility index (Phi) is 8.74. The highest BCUT2D eigenvalue weighted by molar-refractivity contribution is 7.99. The van der Waals surface area contributed by atoms with Crippen LogP contribution in [0.4, 0.5) is 5.69 Å². The molecule has 0 aliphatic carbocycles. The van der Waals surface area contributed by atoms with Crippen LogP contribution < -0.4 is 16.2 Å². The first-order valence-electron chi connectivity index (χ1n) is 12.4. The number of hydrogen-bond donors (Lipinski definition) is 2. The van der Waals surface area contributed by atoms with Crippen molar-refractivity contribution in [3.05, 3.63) is 99.8 Å². The largest absolute Gasteiger partial charge is 0.352 e. The SMILES string of the molecule is CCCNC(=O)c1ccc(Cn2c(SCC(=O)Nc3ccccc3CC)nc3ccccc3c2=O)cc1. The first-order chi connectivity index (χ1) is 18.0. The maximum atomic E-state index is 13.4. The second kappa shape index (κ2) is 12.4. The fourth-order valence-corrected chi connectivity index (χ4v) is 4.75. The summed E-state index contributed by atoms with van der Waals surface area (Å²) in [7, 11) is 0. The number of para-hydroxylation sites is 2. The first kappa shape index (κ1) is 26.2. The maximum Gasteiger partial charge on any atom is 0.262 e. The molecule has 37 heavy (non-hydrogen) atoms. The number of carbonyl (C=O) groups is 2. The van der Waals surface area contributed by atoms with E-state index in [1.54, 1.807) is 28.8 Å². The van der Waals surface area contributed by atoms with E-state index in [1.807, 2.05) is 62.4 Å². The fourth-order valence-electron chi connectivity index (χ4n) is 3.95.